The van der Waals surface area contributed by atoms with Gasteiger partial charge in [-0.3, -0.25) is 4.79 Å². The van der Waals surface area contributed by atoms with Crippen LogP contribution in [0.25, 0.3) is 0 Å². The van der Waals surface area contributed by atoms with Gasteiger partial charge in [-0.2, -0.15) is 8.78 Å². The first kappa shape index (κ1) is 17.4. The number of likely N-dealkylation sites (N-methyl/N-ethyl adjacent to an activating group) is 1. The van der Waals surface area contributed by atoms with Gasteiger partial charge in [-0.15, -0.1) is 0 Å². The fourth-order valence-electron chi connectivity index (χ4n) is 1.64. The molecule has 0 heterocycles. The Balaban J connectivity index is 2.83. The highest BCUT2D eigenvalue weighted by Gasteiger charge is 2.26. The van der Waals surface area contributed by atoms with Crippen molar-refractivity contribution in [2.24, 2.45) is 0 Å². The highest BCUT2D eigenvalue weighted by molar-refractivity contribution is 7.91. The molecule has 21 heavy (non-hydrogen) atoms. The Morgan fingerprint density at radius 2 is 1.81 bits per heavy atom. The average molecular weight is 320 g/mol. The summed E-state index contributed by atoms with van der Waals surface area (Å²) in [6, 6.07) is 4.37. The fourth-order valence-corrected chi connectivity index (χ4v) is 2.36. The third-order valence-electron chi connectivity index (χ3n) is 3.02. The van der Waals surface area contributed by atoms with E-state index in [1.54, 1.807) is 14.0 Å². The topological polar surface area (TPSA) is 66.5 Å². The first-order valence-electron chi connectivity index (χ1n) is 6.33. The molecule has 0 spiro atoms. The Hall–Kier alpha value is -1.70. The van der Waals surface area contributed by atoms with Crippen LogP contribution in [0.5, 0.6) is 0 Å². The zero-order valence-electron chi connectivity index (χ0n) is 12.0. The molecule has 0 radical (unpaired) electrons. The number of alkyl halides is 2. The van der Waals surface area contributed by atoms with E-state index in [1.165, 1.54) is 17.0 Å². The van der Waals surface area contributed by atoms with Crippen molar-refractivity contribution < 1.29 is 22.0 Å². The molecule has 0 aliphatic carbocycles. The van der Waals surface area contributed by atoms with E-state index in [4.69, 9.17) is 0 Å². The third kappa shape index (κ3) is 4.13. The van der Waals surface area contributed by atoms with Crippen LogP contribution in [0.15, 0.2) is 29.2 Å². The van der Waals surface area contributed by atoms with Gasteiger partial charge in [0, 0.05) is 19.3 Å². The molecule has 1 aromatic rings. The lowest BCUT2D eigenvalue weighted by atomic mass is 10.2. The molecule has 0 bridgehead atoms. The lowest BCUT2D eigenvalue weighted by molar-refractivity contribution is -0.130. The van der Waals surface area contributed by atoms with Crippen molar-refractivity contribution in [1.29, 1.82) is 0 Å². The van der Waals surface area contributed by atoms with Gasteiger partial charge in [-0.05, 0) is 38.1 Å². The summed E-state index contributed by atoms with van der Waals surface area (Å²) in [5.74, 6) is -3.57. The van der Waals surface area contributed by atoms with Crippen LogP contribution in [0, 0.1) is 0 Å². The van der Waals surface area contributed by atoms with Crippen molar-refractivity contribution in [3.05, 3.63) is 24.3 Å². The van der Waals surface area contributed by atoms with Crippen LogP contribution in [0.3, 0.4) is 0 Å². The molecule has 0 saturated carbocycles. The maximum atomic E-state index is 12.4. The van der Waals surface area contributed by atoms with Crippen LogP contribution in [-0.2, 0) is 14.6 Å². The Bertz CT molecular complexity index is 588. The van der Waals surface area contributed by atoms with Crippen LogP contribution < -0.4 is 5.32 Å². The molecule has 0 aromatic heterocycles. The molecule has 0 fully saturated rings. The van der Waals surface area contributed by atoms with Gasteiger partial charge in [-0.25, -0.2) is 8.42 Å². The summed E-state index contributed by atoms with van der Waals surface area (Å²) in [4.78, 5) is 12.9. The van der Waals surface area contributed by atoms with E-state index in [9.17, 15) is 22.0 Å². The second-order valence-corrected chi connectivity index (χ2v) is 6.47. The van der Waals surface area contributed by atoms with E-state index in [-0.39, 0.29) is 5.91 Å². The van der Waals surface area contributed by atoms with Gasteiger partial charge in [0.15, 0.2) is 0 Å². The predicted octanol–water partition coefficient (Wildman–Crippen LogP) is 1.96. The molecule has 0 aliphatic rings. The molecule has 5 nitrogen and oxygen atoms in total. The smallest absolute Gasteiger partial charge is 0.341 e. The molecule has 1 amide bonds. The number of anilines is 1. The van der Waals surface area contributed by atoms with Crippen LogP contribution in [-0.4, -0.2) is 44.6 Å². The number of nitrogens with one attached hydrogen (secondary N) is 1. The van der Waals surface area contributed by atoms with Crippen molar-refractivity contribution in [2.75, 3.05) is 18.9 Å². The molecule has 1 unspecified atom stereocenters. The molecular formula is C13H18F2N2O3S. The number of carbonyl (C=O) groups is 1. The fraction of sp³-hybridized carbons (Fsp3) is 0.462. The average Bonchev–Trinajstić information content (AvgIpc) is 2.45. The van der Waals surface area contributed by atoms with E-state index < -0.39 is 26.5 Å². The first-order valence-corrected chi connectivity index (χ1v) is 7.88. The standard InChI is InChI=1S/C13H18F2N2O3S/c1-4-17(3)12(18)9(2)16-10-5-7-11(8-6-10)21(19,20)13(14)15/h5-9,13,16H,4H2,1-3H3. The molecule has 1 N–H and O–H groups in total. The Labute approximate surface area is 122 Å². The van der Waals surface area contributed by atoms with Crippen LogP contribution >= 0.6 is 0 Å². The van der Waals surface area contributed by atoms with E-state index in [2.05, 4.69) is 5.32 Å². The van der Waals surface area contributed by atoms with E-state index in [0.717, 1.165) is 12.1 Å². The van der Waals surface area contributed by atoms with Crippen molar-refractivity contribution in [2.45, 2.75) is 30.5 Å². The monoisotopic (exact) mass is 320 g/mol. The summed E-state index contributed by atoms with van der Waals surface area (Å²) >= 11 is 0. The Morgan fingerprint density at radius 3 is 2.24 bits per heavy atom. The Kier molecular flexibility index (Phi) is 5.65. The van der Waals surface area contributed by atoms with Crippen LogP contribution in [0.1, 0.15) is 13.8 Å². The summed E-state index contributed by atoms with van der Waals surface area (Å²) in [7, 11) is -2.93. The lowest BCUT2D eigenvalue weighted by Crippen LogP contribution is -2.38. The highest BCUT2D eigenvalue weighted by Crippen LogP contribution is 2.20. The number of hydrogen-bond donors (Lipinski definition) is 1. The largest absolute Gasteiger partial charge is 0.374 e. The van der Waals surface area contributed by atoms with Gasteiger partial charge >= 0.3 is 5.76 Å². The molecule has 8 heteroatoms. The summed E-state index contributed by atoms with van der Waals surface area (Å²) in [6.07, 6.45) is 0. The number of amides is 1. The number of nitrogens with zero attached hydrogens (tertiary/aromatic N) is 1. The summed E-state index contributed by atoms with van der Waals surface area (Å²) < 4.78 is 47.3. The minimum absolute atomic E-state index is 0.123. The molecule has 0 aliphatic heterocycles. The highest BCUT2D eigenvalue weighted by atomic mass is 32.2. The maximum absolute atomic E-state index is 12.4. The summed E-state index contributed by atoms with van der Waals surface area (Å²) in [5.41, 5.74) is 0.480. The molecule has 1 atom stereocenters. The first-order chi connectivity index (χ1) is 9.70. The van der Waals surface area contributed by atoms with Crippen LogP contribution in [0.2, 0.25) is 0 Å². The second kappa shape index (κ2) is 6.84. The van der Waals surface area contributed by atoms with E-state index >= 15 is 0 Å². The summed E-state index contributed by atoms with van der Waals surface area (Å²) in [5, 5.41) is 2.89. The number of halogens is 2. The zero-order chi connectivity index (χ0) is 16.2. The predicted molar refractivity (Wildman–Crippen MR) is 76.0 cm³/mol. The lowest BCUT2D eigenvalue weighted by Gasteiger charge is -2.21. The Morgan fingerprint density at radius 1 is 1.29 bits per heavy atom. The second-order valence-electron chi connectivity index (χ2n) is 4.55. The van der Waals surface area contributed by atoms with Gasteiger partial charge in [0.05, 0.1) is 4.90 Å². The number of carbonyl (C=O) groups excluding carboxylic acids is 1. The van der Waals surface area contributed by atoms with E-state index in [1.807, 2.05) is 6.92 Å². The van der Waals surface area contributed by atoms with Gasteiger partial charge in [0.1, 0.15) is 6.04 Å². The summed E-state index contributed by atoms with van der Waals surface area (Å²) in [6.45, 7) is 4.07. The van der Waals surface area contributed by atoms with Crippen molar-refractivity contribution in [3.8, 4) is 0 Å². The van der Waals surface area contributed by atoms with Gasteiger partial charge in [-0.1, -0.05) is 0 Å². The zero-order valence-corrected chi connectivity index (χ0v) is 12.8. The van der Waals surface area contributed by atoms with Crippen molar-refractivity contribution in [3.63, 3.8) is 0 Å². The van der Waals surface area contributed by atoms with Gasteiger partial charge < -0.3 is 10.2 Å². The normalized spacial score (nSPS) is 13.0. The quantitative estimate of drug-likeness (QED) is 0.870. The molecule has 118 valence electrons. The number of benzene rings is 1. The van der Waals surface area contributed by atoms with E-state index in [0.29, 0.717) is 12.2 Å². The number of rotatable bonds is 6. The van der Waals surface area contributed by atoms with Crippen LogP contribution in [0.4, 0.5) is 14.5 Å². The van der Waals surface area contributed by atoms with Gasteiger partial charge in [0.2, 0.25) is 15.7 Å². The molecular weight excluding hydrogens is 302 g/mol. The molecule has 1 rings (SSSR count). The minimum atomic E-state index is -4.59. The van der Waals surface area contributed by atoms with Crippen molar-refractivity contribution in [1.82, 2.24) is 4.90 Å². The molecule has 0 saturated heterocycles. The number of sulfone groups is 1. The minimum Gasteiger partial charge on any atom is -0.374 e. The SMILES string of the molecule is CCN(C)C(=O)C(C)Nc1ccc(S(=O)(=O)C(F)F)cc1. The third-order valence-corrected chi connectivity index (χ3v) is 4.42. The maximum Gasteiger partial charge on any atom is 0.341 e. The van der Waals surface area contributed by atoms with Gasteiger partial charge in [0.25, 0.3) is 0 Å². The van der Waals surface area contributed by atoms with Crippen molar-refractivity contribution >= 4 is 21.4 Å². The molecule has 1 aromatic carbocycles. The number of hydrogen-bond acceptors (Lipinski definition) is 4.